The number of aromatic nitrogens is 2. The number of aliphatic hydroxyl groups excluding tert-OH is 1. The van der Waals surface area contributed by atoms with Crippen LogP contribution in [-0.2, 0) is 14.4 Å². The van der Waals surface area contributed by atoms with Crippen molar-refractivity contribution in [1.29, 1.82) is 0 Å². The smallest absolute Gasteiger partial charge is 0.271 e. The summed E-state index contributed by atoms with van der Waals surface area (Å²) in [6.45, 7) is 0.247. The summed E-state index contributed by atoms with van der Waals surface area (Å²) in [7, 11) is 1.51. The molecule has 0 aromatic carbocycles. The molecule has 2 saturated heterocycles. The minimum absolute atomic E-state index is 0.00538. The van der Waals surface area contributed by atoms with E-state index in [0.29, 0.717) is 42.0 Å². The van der Waals surface area contributed by atoms with Crippen molar-refractivity contribution in [3.63, 3.8) is 0 Å². The number of amides is 3. The molecule has 192 valence electrons. The predicted octanol–water partition coefficient (Wildman–Crippen LogP) is 0.385. The fraction of sp³-hybridized carbons (Fsp3) is 0.560. The highest BCUT2D eigenvalue weighted by molar-refractivity contribution is 6.02. The molecule has 1 aliphatic carbocycles. The third-order valence-electron chi connectivity index (χ3n) is 7.90. The number of methoxy groups -OCH3 is 1. The number of rotatable bonds is 8. The van der Waals surface area contributed by atoms with E-state index in [2.05, 4.69) is 20.6 Å². The Hall–Kier alpha value is -3.47. The zero-order valence-electron chi connectivity index (χ0n) is 20.2. The first-order valence-corrected chi connectivity index (χ1v) is 12.5. The van der Waals surface area contributed by atoms with Crippen molar-refractivity contribution in [2.45, 2.75) is 44.2 Å². The van der Waals surface area contributed by atoms with E-state index in [0.717, 1.165) is 19.3 Å². The van der Waals surface area contributed by atoms with E-state index in [9.17, 15) is 24.3 Å². The molecule has 3 aliphatic rings. The number of aromatic amines is 1. The Morgan fingerprint density at radius 2 is 2.14 bits per heavy atom. The van der Waals surface area contributed by atoms with Gasteiger partial charge >= 0.3 is 0 Å². The van der Waals surface area contributed by atoms with Gasteiger partial charge < -0.3 is 30.4 Å². The van der Waals surface area contributed by atoms with E-state index in [1.807, 2.05) is 0 Å². The first-order chi connectivity index (χ1) is 17.4. The summed E-state index contributed by atoms with van der Waals surface area (Å²) >= 11 is 0. The predicted molar refractivity (Wildman–Crippen MR) is 128 cm³/mol. The molecule has 1 unspecified atom stereocenters. The van der Waals surface area contributed by atoms with Gasteiger partial charge in [0, 0.05) is 25.2 Å². The molecule has 11 heteroatoms. The third kappa shape index (κ3) is 4.32. The van der Waals surface area contributed by atoms with Gasteiger partial charge in [0.1, 0.15) is 18.3 Å². The summed E-state index contributed by atoms with van der Waals surface area (Å²) in [4.78, 5) is 60.7. The maximum absolute atomic E-state index is 13.7. The highest BCUT2D eigenvalue weighted by Gasteiger charge is 2.50. The second-order valence-electron chi connectivity index (χ2n) is 9.92. The van der Waals surface area contributed by atoms with Crippen LogP contribution >= 0.6 is 0 Å². The zero-order chi connectivity index (χ0) is 25.4. The topological polar surface area (TPSA) is 154 Å². The number of aliphatic hydroxyl groups is 1. The average Bonchev–Trinajstić information content (AvgIpc) is 3.66. The van der Waals surface area contributed by atoms with Crippen LogP contribution in [0.1, 0.15) is 42.6 Å². The van der Waals surface area contributed by atoms with Crippen LogP contribution in [0.4, 0.5) is 0 Å². The summed E-state index contributed by atoms with van der Waals surface area (Å²) < 4.78 is 5.30. The molecule has 2 aromatic rings. The van der Waals surface area contributed by atoms with Crippen LogP contribution in [0.3, 0.4) is 0 Å². The van der Waals surface area contributed by atoms with E-state index >= 15 is 0 Å². The van der Waals surface area contributed by atoms with Gasteiger partial charge in [-0.05, 0) is 49.7 Å². The van der Waals surface area contributed by atoms with Crippen molar-refractivity contribution in [1.82, 2.24) is 25.5 Å². The minimum Gasteiger partial charge on any atom is -0.481 e. The van der Waals surface area contributed by atoms with Crippen molar-refractivity contribution in [2.24, 2.45) is 17.8 Å². The van der Waals surface area contributed by atoms with Gasteiger partial charge in [0.05, 0.1) is 24.1 Å². The van der Waals surface area contributed by atoms with E-state index in [-0.39, 0.29) is 30.1 Å². The lowest BCUT2D eigenvalue weighted by Crippen LogP contribution is -2.53. The van der Waals surface area contributed by atoms with Crippen LogP contribution in [-0.4, -0.2) is 82.4 Å². The molecule has 0 bridgehead atoms. The second-order valence-corrected chi connectivity index (χ2v) is 9.92. The monoisotopic (exact) mass is 497 g/mol. The number of pyridine rings is 1. The number of likely N-dealkylation sites (tertiary alicyclic amines) is 1. The summed E-state index contributed by atoms with van der Waals surface area (Å²) in [6.07, 6.45) is 5.02. The number of ketones is 1. The normalized spacial score (nSPS) is 26.1. The Balaban J connectivity index is 1.39. The highest BCUT2D eigenvalue weighted by atomic mass is 16.5. The Morgan fingerprint density at radius 3 is 2.86 bits per heavy atom. The number of carbonyl (C=O) groups excluding carboxylic acids is 4. The lowest BCUT2D eigenvalue weighted by atomic mass is 9.92. The number of ether oxygens (including phenoxy) is 1. The van der Waals surface area contributed by atoms with Gasteiger partial charge in [-0.1, -0.05) is 6.42 Å². The van der Waals surface area contributed by atoms with E-state index < -0.39 is 36.3 Å². The molecule has 3 fully saturated rings. The molecule has 36 heavy (non-hydrogen) atoms. The number of carbonyl (C=O) groups is 4. The summed E-state index contributed by atoms with van der Waals surface area (Å²) in [6, 6.07) is 1.71. The lowest BCUT2D eigenvalue weighted by molar-refractivity contribution is -0.133. The highest BCUT2D eigenvalue weighted by Crippen LogP contribution is 2.43. The number of nitrogens with one attached hydrogen (secondary N) is 3. The molecule has 4 heterocycles. The fourth-order valence-corrected chi connectivity index (χ4v) is 6.10. The largest absolute Gasteiger partial charge is 0.481 e. The Kier molecular flexibility index (Phi) is 6.65. The van der Waals surface area contributed by atoms with E-state index in [1.165, 1.54) is 7.11 Å². The lowest BCUT2D eigenvalue weighted by Gasteiger charge is -2.29. The van der Waals surface area contributed by atoms with Gasteiger partial charge in [0.2, 0.25) is 17.7 Å². The molecule has 5 rings (SSSR count). The molecule has 2 aliphatic heterocycles. The molecule has 4 N–H and O–H groups in total. The second kappa shape index (κ2) is 9.88. The number of fused-ring (bicyclic) bond motifs is 2. The molecule has 1 saturated carbocycles. The Morgan fingerprint density at radius 1 is 1.31 bits per heavy atom. The van der Waals surface area contributed by atoms with Crippen molar-refractivity contribution >= 4 is 34.4 Å². The van der Waals surface area contributed by atoms with E-state index in [4.69, 9.17) is 4.74 Å². The third-order valence-corrected chi connectivity index (χ3v) is 7.90. The van der Waals surface area contributed by atoms with Crippen LogP contribution < -0.4 is 15.4 Å². The summed E-state index contributed by atoms with van der Waals surface area (Å²) in [5.41, 5.74) is 1.04. The minimum atomic E-state index is -0.989. The van der Waals surface area contributed by atoms with Crippen LogP contribution in [0.2, 0.25) is 0 Å². The van der Waals surface area contributed by atoms with Crippen molar-refractivity contribution < 1.29 is 29.0 Å². The maximum Gasteiger partial charge on any atom is 0.271 e. The van der Waals surface area contributed by atoms with Crippen LogP contribution in [0.25, 0.3) is 10.9 Å². The maximum atomic E-state index is 13.7. The van der Waals surface area contributed by atoms with Crippen LogP contribution in [0.5, 0.6) is 5.88 Å². The van der Waals surface area contributed by atoms with Crippen molar-refractivity contribution in [2.75, 3.05) is 26.8 Å². The van der Waals surface area contributed by atoms with Gasteiger partial charge in [-0.15, -0.1) is 0 Å². The molecule has 5 atom stereocenters. The molecule has 3 amide bonds. The van der Waals surface area contributed by atoms with Gasteiger partial charge in [0.15, 0.2) is 5.78 Å². The number of hydrogen-bond donors (Lipinski definition) is 4. The summed E-state index contributed by atoms with van der Waals surface area (Å²) in [5.74, 6) is -1.22. The number of nitrogens with zero attached hydrogens (tertiary/aromatic N) is 2. The number of H-pyrrole nitrogens is 1. The standard InChI is InChI=1S/C25H31N5O6/c1-36-24-16-10-19(28-17(16)6-8-27-24)25(35)30-11-14-3-2-4-15(14)21(30)23(34)29-18(20(32)12-31)9-13-5-7-26-22(13)33/h6,8,10,13-15,18,21,28,31H,2-5,7,9,11-12H2,1H3,(H,26,33)(H,29,34)/t13-,14-,15-,18?,21-/m0/s1. The van der Waals surface area contributed by atoms with Gasteiger partial charge in [0.25, 0.3) is 5.91 Å². The average molecular weight is 498 g/mol. The van der Waals surface area contributed by atoms with Gasteiger partial charge in [-0.25, -0.2) is 4.98 Å². The first-order valence-electron chi connectivity index (χ1n) is 12.5. The molecule has 11 nitrogen and oxygen atoms in total. The van der Waals surface area contributed by atoms with Crippen LogP contribution in [0.15, 0.2) is 18.3 Å². The fourth-order valence-electron chi connectivity index (χ4n) is 6.10. The number of hydrogen-bond acceptors (Lipinski definition) is 7. The van der Waals surface area contributed by atoms with E-state index in [1.54, 1.807) is 23.2 Å². The Bertz CT molecular complexity index is 1190. The Labute approximate surface area is 208 Å². The first kappa shape index (κ1) is 24.2. The quantitative estimate of drug-likeness (QED) is 0.411. The molecule has 0 spiro atoms. The van der Waals surface area contributed by atoms with Crippen molar-refractivity contribution in [3.8, 4) is 5.88 Å². The number of Topliss-reactive ketones (excluding diaryl/α,β-unsaturated/α-hetero) is 1. The molecular weight excluding hydrogens is 466 g/mol. The van der Waals surface area contributed by atoms with Gasteiger partial charge in [-0.2, -0.15) is 0 Å². The van der Waals surface area contributed by atoms with Crippen molar-refractivity contribution in [3.05, 3.63) is 24.0 Å². The van der Waals surface area contributed by atoms with Crippen LogP contribution in [0, 0.1) is 17.8 Å². The molecule has 0 radical (unpaired) electrons. The van der Waals surface area contributed by atoms with Gasteiger partial charge in [-0.3, -0.25) is 19.2 Å². The SMILES string of the molecule is COc1nccc2[nH]c(C(=O)N3C[C@@H]4CCC[C@@H]4[C@H]3C(=O)NC(C[C@@H]3CCNC3=O)C(=O)CO)cc12. The molecule has 2 aromatic heterocycles. The zero-order valence-corrected chi connectivity index (χ0v) is 20.2. The summed E-state index contributed by atoms with van der Waals surface area (Å²) in [5, 5.41) is 15.7. The molecular formula is C25H31N5O6.